The van der Waals surface area contributed by atoms with Crippen LogP contribution in [-0.4, -0.2) is 4.90 Å². The van der Waals surface area contributed by atoms with Crippen molar-refractivity contribution in [1.29, 1.82) is 0 Å². The topological polar surface area (TPSA) is 3.24 Å². The SMILES string of the molecule is C=CN(C(=C)c1cscc1-c1ccc2c(c1)-c1ccccc1C2)C(/C=C\C)=C/C. The number of hydrogen-bond donors (Lipinski definition) is 0. The van der Waals surface area contributed by atoms with Crippen molar-refractivity contribution in [1.82, 2.24) is 4.90 Å². The van der Waals surface area contributed by atoms with Gasteiger partial charge in [-0.2, -0.15) is 11.3 Å². The minimum atomic E-state index is 0.934. The second-order valence-corrected chi connectivity index (χ2v) is 7.86. The lowest BCUT2D eigenvalue weighted by Crippen LogP contribution is -2.13. The monoisotopic (exact) mass is 395 g/mol. The number of rotatable bonds is 6. The van der Waals surface area contributed by atoms with Gasteiger partial charge < -0.3 is 4.90 Å². The Morgan fingerprint density at radius 1 is 1.00 bits per heavy atom. The molecule has 1 aliphatic rings. The van der Waals surface area contributed by atoms with Crippen LogP contribution >= 0.6 is 11.3 Å². The lowest BCUT2D eigenvalue weighted by Gasteiger charge is -2.24. The van der Waals surface area contributed by atoms with Gasteiger partial charge in [0, 0.05) is 34.1 Å². The van der Waals surface area contributed by atoms with Gasteiger partial charge >= 0.3 is 0 Å². The molecule has 1 nitrogen and oxygen atoms in total. The maximum Gasteiger partial charge on any atom is 0.0470 e. The molecule has 3 aromatic rings. The van der Waals surface area contributed by atoms with Crippen LogP contribution in [0, 0.1) is 0 Å². The molecule has 0 atom stereocenters. The van der Waals surface area contributed by atoms with Gasteiger partial charge in [-0.15, -0.1) is 0 Å². The number of nitrogens with zero attached hydrogens (tertiary/aromatic N) is 1. The van der Waals surface area contributed by atoms with Crippen molar-refractivity contribution in [3.05, 3.63) is 113 Å². The molecule has 2 aromatic carbocycles. The van der Waals surface area contributed by atoms with Crippen LogP contribution in [0.2, 0.25) is 0 Å². The first kappa shape index (κ1) is 19.2. The summed E-state index contributed by atoms with van der Waals surface area (Å²) in [7, 11) is 0. The van der Waals surface area contributed by atoms with E-state index in [1.807, 2.05) is 31.0 Å². The standard InChI is InChI=1S/C27H25NS/c1-5-10-23(6-2)28(7-3)19(4)26-17-29-18-27(26)22-14-13-21-15-20-11-8-9-12-24(20)25(21)16-22/h5-14,16-18H,3-4,15H2,1-2H3/b10-5-,23-6+. The molecule has 0 fully saturated rings. The summed E-state index contributed by atoms with van der Waals surface area (Å²) in [5, 5.41) is 4.40. The number of fused-ring (bicyclic) bond motifs is 3. The quantitative estimate of drug-likeness (QED) is 0.300. The number of allylic oxidation sites excluding steroid dienone is 3. The maximum atomic E-state index is 4.40. The summed E-state index contributed by atoms with van der Waals surface area (Å²) in [5.41, 5.74) is 11.1. The van der Waals surface area contributed by atoms with Crippen molar-refractivity contribution < 1.29 is 0 Å². The third kappa shape index (κ3) is 3.41. The molecule has 29 heavy (non-hydrogen) atoms. The molecule has 1 aromatic heterocycles. The molecule has 0 saturated carbocycles. The first-order valence-corrected chi connectivity index (χ1v) is 10.8. The van der Waals surface area contributed by atoms with Gasteiger partial charge in [0.1, 0.15) is 0 Å². The summed E-state index contributed by atoms with van der Waals surface area (Å²) in [5.74, 6) is 0. The lowest BCUT2D eigenvalue weighted by molar-refractivity contribution is 0.683. The Hall–Kier alpha value is -3.10. The second kappa shape index (κ2) is 8.10. The molecule has 144 valence electrons. The van der Waals surface area contributed by atoms with Crippen LogP contribution in [0.5, 0.6) is 0 Å². The third-order valence-corrected chi connectivity index (χ3v) is 6.21. The second-order valence-electron chi connectivity index (χ2n) is 7.12. The Morgan fingerprint density at radius 3 is 2.55 bits per heavy atom. The van der Waals surface area contributed by atoms with E-state index in [2.05, 4.69) is 78.5 Å². The lowest BCUT2D eigenvalue weighted by atomic mass is 9.97. The van der Waals surface area contributed by atoms with E-state index in [1.54, 1.807) is 11.3 Å². The Kier molecular flexibility index (Phi) is 5.37. The molecule has 1 heterocycles. The van der Waals surface area contributed by atoms with E-state index >= 15 is 0 Å². The minimum Gasteiger partial charge on any atom is -0.318 e. The maximum absolute atomic E-state index is 4.40. The van der Waals surface area contributed by atoms with Crippen LogP contribution in [0.25, 0.3) is 28.0 Å². The highest BCUT2D eigenvalue weighted by Crippen LogP contribution is 2.41. The van der Waals surface area contributed by atoms with Gasteiger partial charge in [0.15, 0.2) is 0 Å². The smallest absolute Gasteiger partial charge is 0.0470 e. The fourth-order valence-corrected chi connectivity index (χ4v) is 4.89. The summed E-state index contributed by atoms with van der Waals surface area (Å²) in [6.07, 6.45) is 9.04. The average molecular weight is 396 g/mol. The van der Waals surface area contributed by atoms with E-state index < -0.39 is 0 Å². The third-order valence-electron chi connectivity index (χ3n) is 5.47. The summed E-state index contributed by atoms with van der Waals surface area (Å²) >= 11 is 1.71. The normalized spacial score (nSPS) is 12.7. The summed E-state index contributed by atoms with van der Waals surface area (Å²) in [4.78, 5) is 2.05. The molecule has 1 aliphatic carbocycles. The van der Waals surface area contributed by atoms with Gasteiger partial charge in [-0.1, -0.05) is 61.7 Å². The molecular weight excluding hydrogens is 370 g/mol. The van der Waals surface area contributed by atoms with Gasteiger partial charge in [-0.05, 0) is 65.6 Å². The van der Waals surface area contributed by atoms with E-state index in [1.165, 1.54) is 33.4 Å². The molecule has 2 heteroatoms. The molecule has 0 radical (unpaired) electrons. The molecule has 0 unspecified atom stereocenters. The first-order valence-electron chi connectivity index (χ1n) is 9.85. The summed E-state index contributed by atoms with van der Waals surface area (Å²) < 4.78 is 0. The Labute approximate surface area is 177 Å². The molecule has 0 bridgehead atoms. The molecule has 0 N–H and O–H groups in total. The molecule has 0 spiro atoms. The van der Waals surface area contributed by atoms with Gasteiger partial charge in [0.2, 0.25) is 0 Å². The molecule has 4 rings (SSSR count). The van der Waals surface area contributed by atoms with Crippen molar-refractivity contribution >= 4 is 17.0 Å². The zero-order valence-electron chi connectivity index (χ0n) is 17.0. The predicted molar refractivity (Wildman–Crippen MR) is 128 cm³/mol. The highest BCUT2D eigenvalue weighted by Gasteiger charge is 2.20. The van der Waals surface area contributed by atoms with Crippen LogP contribution in [0.1, 0.15) is 30.5 Å². The Bertz CT molecular complexity index is 1140. The highest BCUT2D eigenvalue weighted by atomic mass is 32.1. The Morgan fingerprint density at radius 2 is 1.79 bits per heavy atom. The zero-order chi connectivity index (χ0) is 20.4. The van der Waals surface area contributed by atoms with Crippen LogP contribution in [-0.2, 0) is 6.42 Å². The molecule has 0 saturated heterocycles. The zero-order valence-corrected chi connectivity index (χ0v) is 17.8. The van der Waals surface area contributed by atoms with Crippen molar-refractivity contribution in [2.45, 2.75) is 20.3 Å². The molecule has 0 amide bonds. The number of benzene rings is 2. The fourth-order valence-electron chi connectivity index (χ4n) is 4.02. The summed E-state index contributed by atoms with van der Waals surface area (Å²) in [6.45, 7) is 12.5. The van der Waals surface area contributed by atoms with Gasteiger partial charge in [0.25, 0.3) is 0 Å². The van der Waals surface area contributed by atoms with E-state index in [9.17, 15) is 0 Å². The van der Waals surface area contributed by atoms with Gasteiger partial charge in [-0.25, -0.2) is 0 Å². The van der Waals surface area contributed by atoms with Gasteiger partial charge in [0.05, 0.1) is 0 Å². The van der Waals surface area contributed by atoms with E-state index in [-0.39, 0.29) is 0 Å². The van der Waals surface area contributed by atoms with Crippen LogP contribution in [0.15, 0.2) is 96.5 Å². The fraction of sp³-hybridized carbons (Fsp3) is 0.111. The van der Waals surface area contributed by atoms with E-state index in [0.717, 1.165) is 23.4 Å². The van der Waals surface area contributed by atoms with Gasteiger partial charge in [-0.3, -0.25) is 0 Å². The van der Waals surface area contributed by atoms with E-state index in [0.29, 0.717) is 0 Å². The molecule has 0 aliphatic heterocycles. The van der Waals surface area contributed by atoms with Crippen molar-refractivity contribution in [3.8, 4) is 22.3 Å². The summed E-state index contributed by atoms with van der Waals surface area (Å²) in [6, 6.07) is 15.6. The minimum absolute atomic E-state index is 0.934. The van der Waals surface area contributed by atoms with Crippen molar-refractivity contribution in [3.63, 3.8) is 0 Å². The first-order chi connectivity index (χ1) is 14.2. The predicted octanol–water partition coefficient (Wildman–Crippen LogP) is 7.88. The largest absolute Gasteiger partial charge is 0.318 e. The van der Waals surface area contributed by atoms with Crippen molar-refractivity contribution in [2.75, 3.05) is 0 Å². The Balaban J connectivity index is 1.75. The van der Waals surface area contributed by atoms with E-state index in [4.69, 9.17) is 0 Å². The molecular formula is C27H25NS. The number of hydrogen-bond acceptors (Lipinski definition) is 2. The number of thiophene rings is 1. The van der Waals surface area contributed by atoms with Crippen LogP contribution in [0.3, 0.4) is 0 Å². The highest BCUT2D eigenvalue weighted by molar-refractivity contribution is 7.08. The van der Waals surface area contributed by atoms with Crippen LogP contribution in [0.4, 0.5) is 0 Å². The van der Waals surface area contributed by atoms with Crippen LogP contribution < -0.4 is 0 Å². The average Bonchev–Trinajstić information content (AvgIpc) is 3.37. The van der Waals surface area contributed by atoms with Crippen molar-refractivity contribution in [2.24, 2.45) is 0 Å².